The highest BCUT2D eigenvalue weighted by Crippen LogP contribution is 2.28. The summed E-state index contributed by atoms with van der Waals surface area (Å²) in [6.45, 7) is 4.24. The van der Waals surface area contributed by atoms with Gasteiger partial charge in [0.1, 0.15) is 12.4 Å². The molecule has 0 aliphatic carbocycles. The number of hydrogen-bond acceptors (Lipinski definition) is 5. The van der Waals surface area contributed by atoms with Crippen molar-refractivity contribution in [3.05, 3.63) is 53.6 Å². The minimum Gasteiger partial charge on any atom is -0.496 e. The zero-order chi connectivity index (χ0) is 20.9. The number of benzene rings is 2. The minimum absolute atomic E-state index is 0.0399. The Hall–Kier alpha value is -2.93. The largest absolute Gasteiger partial charge is 0.496 e. The van der Waals surface area contributed by atoms with E-state index in [1.807, 2.05) is 43.3 Å². The van der Waals surface area contributed by atoms with Crippen LogP contribution in [0.1, 0.15) is 18.1 Å². The number of para-hydroxylation sites is 1. The van der Waals surface area contributed by atoms with Gasteiger partial charge in [0, 0.05) is 13.1 Å². The van der Waals surface area contributed by atoms with Gasteiger partial charge in [0.25, 0.3) is 0 Å². The number of aliphatic hydroxyl groups excluding tert-OH is 1. The molecule has 2 aromatic rings. The summed E-state index contributed by atoms with van der Waals surface area (Å²) in [5, 5.41) is 15.5. The monoisotopic (exact) mass is 401 g/mol. The average Bonchev–Trinajstić information content (AvgIpc) is 2.76. The first kappa shape index (κ1) is 22.4. The van der Waals surface area contributed by atoms with Gasteiger partial charge in [-0.15, -0.1) is 0 Å². The van der Waals surface area contributed by atoms with Crippen LogP contribution in [0, 0.1) is 0 Å². The zero-order valence-electron chi connectivity index (χ0n) is 17.4. The smallest absolute Gasteiger partial charge is 0.191 e. The summed E-state index contributed by atoms with van der Waals surface area (Å²) in [4.78, 5) is 4.65. The topological polar surface area (TPSA) is 84.3 Å². The van der Waals surface area contributed by atoms with Gasteiger partial charge in [-0.2, -0.15) is 0 Å². The number of aliphatic hydroxyl groups is 1. The molecule has 0 heterocycles. The second-order valence-electron chi connectivity index (χ2n) is 6.24. The molecule has 7 nitrogen and oxygen atoms in total. The number of aliphatic imine (C=N–C) groups is 1. The van der Waals surface area contributed by atoms with Crippen LogP contribution in [-0.4, -0.2) is 51.6 Å². The van der Waals surface area contributed by atoms with E-state index in [9.17, 15) is 0 Å². The van der Waals surface area contributed by atoms with Gasteiger partial charge in [-0.05, 0) is 42.7 Å². The fourth-order valence-corrected chi connectivity index (χ4v) is 2.82. The number of rotatable bonds is 11. The Morgan fingerprint density at radius 1 is 1.00 bits per heavy atom. The predicted octanol–water partition coefficient (Wildman–Crippen LogP) is 2.37. The highest BCUT2D eigenvalue weighted by molar-refractivity contribution is 5.79. The number of nitrogens with one attached hydrogen (secondary N) is 2. The van der Waals surface area contributed by atoms with Crippen molar-refractivity contribution >= 4 is 5.96 Å². The Bertz CT molecular complexity index is 780. The molecule has 0 saturated carbocycles. The lowest BCUT2D eigenvalue weighted by molar-refractivity contribution is 0.196. The van der Waals surface area contributed by atoms with Crippen molar-refractivity contribution in [2.24, 2.45) is 4.99 Å². The van der Waals surface area contributed by atoms with Crippen LogP contribution in [0.4, 0.5) is 0 Å². The molecule has 29 heavy (non-hydrogen) atoms. The van der Waals surface area contributed by atoms with Crippen molar-refractivity contribution in [2.45, 2.75) is 19.9 Å². The van der Waals surface area contributed by atoms with Gasteiger partial charge in [-0.3, -0.25) is 0 Å². The Morgan fingerprint density at radius 3 is 2.52 bits per heavy atom. The highest BCUT2D eigenvalue weighted by Gasteiger charge is 2.07. The lowest BCUT2D eigenvalue weighted by Crippen LogP contribution is -2.38. The van der Waals surface area contributed by atoms with Crippen LogP contribution >= 0.6 is 0 Å². The number of nitrogens with zero attached hydrogens (tertiary/aromatic N) is 1. The summed E-state index contributed by atoms with van der Waals surface area (Å²) in [6, 6.07) is 13.7. The van der Waals surface area contributed by atoms with Gasteiger partial charge < -0.3 is 30.0 Å². The lowest BCUT2D eigenvalue weighted by atomic mass is 10.1. The molecule has 0 aliphatic heterocycles. The van der Waals surface area contributed by atoms with Gasteiger partial charge in [-0.25, -0.2) is 4.99 Å². The zero-order valence-corrected chi connectivity index (χ0v) is 17.4. The molecule has 0 saturated heterocycles. The van der Waals surface area contributed by atoms with E-state index in [1.165, 1.54) is 0 Å². The van der Waals surface area contributed by atoms with E-state index in [1.54, 1.807) is 14.2 Å². The van der Waals surface area contributed by atoms with Crippen molar-refractivity contribution in [3.8, 4) is 17.2 Å². The first-order valence-corrected chi connectivity index (χ1v) is 9.76. The van der Waals surface area contributed by atoms with Gasteiger partial charge >= 0.3 is 0 Å². The van der Waals surface area contributed by atoms with E-state index >= 15 is 0 Å². The van der Waals surface area contributed by atoms with E-state index in [0.717, 1.165) is 42.3 Å². The van der Waals surface area contributed by atoms with Gasteiger partial charge in [0.2, 0.25) is 0 Å². The summed E-state index contributed by atoms with van der Waals surface area (Å²) in [5.41, 5.74) is 2.15. The van der Waals surface area contributed by atoms with Crippen molar-refractivity contribution in [1.29, 1.82) is 0 Å². The molecule has 0 atom stereocenters. The average molecular weight is 402 g/mol. The van der Waals surface area contributed by atoms with E-state index in [-0.39, 0.29) is 13.2 Å². The van der Waals surface area contributed by atoms with Gasteiger partial charge in [-0.1, -0.05) is 24.3 Å². The maximum Gasteiger partial charge on any atom is 0.191 e. The van der Waals surface area contributed by atoms with E-state index < -0.39 is 0 Å². The van der Waals surface area contributed by atoms with Gasteiger partial charge in [0.15, 0.2) is 17.5 Å². The molecule has 2 aromatic carbocycles. The lowest BCUT2D eigenvalue weighted by Gasteiger charge is -2.13. The summed E-state index contributed by atoms with van der Waals surface area (Å²) >= 11 is 0. The van der Waals surface area contributed by atoms with Crippen LogP contribution in [0.3, 0.4) is 0 Å². The molecule has 0 amide bonds. The second kappa shape index (κ2) is 12.5. The second-order valence-corrected chi connectivity index (χ2v) is 6.24. The molecule has 0 bridgehead atoms. The number of ether oxygens (including phenoxy) is 3. The summed E-state index contributed by atoms with van der Waals surface area (Å²) in [7, 11) is 3.28. The van der Waals surface area contributed by atoms with E-state index in [0.29, 0.717) is 18.0 Å². The van der Waals surface area contributed by atoms with Crippen LogP contribution in [0.25, 0.3) is 0 Å². The van der Waals surface area contributed by atoms with Crippen LogP contribution in [0.2, 0.25) is 0 Å². The van der Waals surface area contributed by atoms with Crippen molar-refractivity contribution < 1.29 is 19.3 Å². The summed E-state index contributed by atoms with van der Waals surface area (Å²) < 4.78 is 16.2. The number of guanidine groups is 1. The molecule has 158 valence electrons. The first-order chi connectivity index (χ1) is 14.2. The van der Waals surface area contributed by atoms with Crippen LogP contribution in [-0.2, 0) is 13.0 Å². The summed E-state index contributed by atoms with van der Waals surface area (Å²) in [5.74, 6) is 2.88. The molecule has 0 spiro atoms. The van der Waals surface area contributed by atoms with Crippen LogP contribution in [0.5, 0.6) is 17.2 Å². The van der Waals surface area contributed by atoms with Crippen LogP contribution < -0.4 is 24.8 Å². The van der Waals surface area contributed by atoms with Crippen LogP contribution in [0.15, 0.2) is 47.5 Å². The molecule has 0 fully saturated rings. The normalized spacial score (nSPS) is 11.1. The summed E-state index contributed by atoms with van der Waals surface area (Å²) in [6.07, 6.45) is 0.832. The van der Waals surface area contributed by atoms with Crippen molar-refractivity contribution in [3.63, 3.8) is 0 Å². The SMILES string of the molecule is CCNC(=NCc1ccc(OCCO)c(OC)c1)NCCc1ccccc1OC. The van der Waals surface area contributed by atoms with Crippen molar-refractivity contribution in [2.75, 3.05) is 40.5 Å². The third-order valence-corrected chi connectivity index (χ3v) is 4.22. The molecule has 7 heteroatoms. The Labute approximate surface area is 172 Å². The molecule has 0 aromatic heterocycles. The molecular formula is C22H31N3O4. The molecule has 3 N–H and O–H groups in total. The predicted molar refractivity (Wildman–Crippen MR) is 115 cm³/mol. The van der Waals surface area contributed by atoms with Crippen molar-refractivity contribution in [1.82, 2.24) is 10.6 Å². The first-order valence-electron chi connectivity index (χ1n) is 9.76. The Balaban J connectivity index is 1.97. The Kier molecular flexibility index (Phi) is 9.65. The number of methoxy groups -OCH3 is 2. The molecule has 0 aliphatic rings. The minimum atomic E-state index is -0.0399. The fraction of sp³-hybridized carbons (Fsp3) is 0.409. The molecule has 0 unspecified atom stereocenters. The number of hydrogen-bond donors (Lipinski definition) is 3. The molecule has 0 radical (unpaired) electrons. The fourth-order valence-electron chi connectivity index (χ4n) is 2.82. The molecule has 2 rings (SSSR count). The highest BCUT2D eigenvalue weighted by atomic mass is 16.5. The third kappa shape index (κ3) is 7.19. The quantitative estimate of drug-likeness (QED) is 0.396. The molecular weight excluding hydrogens is 370 g/mol. The van der Waals surface area contributed by atoms with Gasteiger partial charge in [0.05, 0.1) is 27.4 Å². The Morgan fingerprint density at radius 2 is 1.79 bits per heavy atom. The maximum absolute atomic E-state index is 8.91. The standard InChI is InChI=1S/C22H31N3O4/c1-4-23-22(24-12-11-18-7-5-6-8-19(18)27-2)25-16-17-9-10-20(29-14-13-26)21(15-17)28-3/h5-10,15,26H,4,11-14,16H2,1-3H3,(H2,23,24,25). The maximum atomic E-state index is 8.91. The van der Waals surface area contributed by atoms with E-state index in [2.05, 4.69) is 21.7 Å². The van der Waals surface area contributed by atoms with E-state index in [4.69, 9.17) is 19.3 Å². The third-order valence-electron chi connectivity index (χ3n) is 4.22.